The van der Waals surface area contributed by atoms with Crippen LogP contribution in [0.5, 0.6) is 0 Å². The highest BCUT2D eigenvalue weighted by Gasteiger charge is 2.23. The second kappa shape index (κ2) is 7.66. The molecule has 2 atom stereocenters. The molecule has 0 radical (unpaired) electrons. The lowest BCUT2D eigenvalue weighted by Gasteiger charge is -2.26. The number of ether oxygens (including phenoxy) is 2. The van der Waals surface area contributed by atoms with E-state index in [-0.39, 0.29) is 12.0 Å². The van der Waals surface area contributed by atoms with Crippen LogP contribution in [0.3, 0.4) is 0 Å². The van der Waals surface area contributed by atoms with Gasteiger partial charge in [0, 0.05) is 13.0 Å². The van der Waals surface area contributed by atoms with E-state index < -0.39 is 17.7 Å². The molecule has 2 rings (SSSR count). The Kier molecular flexibility index (Phi) is 5.83. The standard InChI is InChI=1S/C18H26N2O4/c1-12(20-17(22)24-18(2,3)4)16(21)19-10-15-9-13-7-5-6-8-14(13)11-23-15/h5-8,12,15H,9-11H2,1-4H3,(H,19,21)(H,20,22). The molecule has 0 saturated heterocycles. The SMILES string of the molecule is CC(NC(=O)OC(C)(C)C)C(=O)NCC1Cc2ccccc2CO1. The molecule has 2 amide bonds. The van der Waals surface area contributed by atoms with Crippen LogP contribution in [0.4, 0.5) is 4.79 Å². The minimum absolute atomic E-state index is 0.0578. The van der Waals surface area contributed by atoms with Crippen LogP contribution in [-0.2, 0) is 27.3 Å². The third kappa shape index (κ3) is 5.53. The summed E-state index contributed by atoms with van der Waals surface area (Å²) >= 11 is 0. The zero-order valence-corrected chi connectivity index (χ0v) is 14.7. The molecule has 0 aliphatic carbocycles. The first-order valence-electron chi connectivity index (χ1n) is 8.20. The fourth-order valence-corrected chi connectivity index (χ4v) is 2.46. The Morgan fingerprint density at radius 2 is 1.96 bits per heavy atom. The van der Waals surface area contributed by atoms with Gasteiger partial charge >= 0.3 is 6.09 Å². The van der Waals surface area contributed by atoms with Gasteiger partial charge < -0.3 is 20.1 Å². The second-order valence-corrected chi connectivity index (χ2v) is 7.02. The van der Waals surface area contributed by atoms with Crippen molar-refractivity contribution in [2.24, 2.45) is 0 Å². The number of rotatable bonds is 4. The summed E-state index contributed by atoms with van der Waals surface area (Å²) in [6, 6.07) is 7.47. The van der Waals surface area contributed by atoms with Crippen LogP contribution < -0.4 is 10.6 Å². The van der Waals surface area contributed by atoms with E-state index in [1.807, 2.05) is 12.1 Å². The maximum Gasteiger partial charge on any atom is 0.408 e. The highest BCUT2D eigenvalue weighted by Crippen LogP contribution is 2.19. The predicted octanol–water partition coefficient (Wildman–Crippen LogP) is 2.16. The van der Waals surface area contributed by atoms with Crippen molar-refractivity contribution in [3.8, 4) is 0 Å². The molecule has 132 valence electrons. The summed E-state index contributed by atoms with van der Waals surface area (Å²) in [7, 11) is 0. The molecule has 1 aromatic carbocycles. The second-order valence-electron chi connectivity index (χ2n) is 7.02. The largest absolute Gasteiger partial charge is 0.444 e. The van der Waals surface area contributed by atoms with Gasteiger partial charge in [-0.2, -0.15) is 0 Å². The van der Waals surface area contributed by atoms with E-state index in [1.165, 1.54) is 11.1 Å². The Bertz CT molecular complexity index is 595. The average molecular weight is 334 g/mol. The molecule has 24 heavy (non-hydrogen) atoms. The summed E-state index contributed by atoms with van der Waals surface area (Å²) in [6.07, 6.45) is 0.107. The summed E-state index contributed by atoms with van der Waals surface area (Å²) in [5.41, 5.74) is 1.85. The fourth-order valence-electron chi connectivity index (χ4n) is 2.46. The lowest BCUT2D eigenvalue weighted by molar-refractivity contribution is -0.123. The van der Waals surface area contributed by atoms with Crippen LogP contribution in [-0.4, -0.2) is 36.3 Å². The van der Waals surface area contributed by atoms with E-state index in [4.69, 9.17) is 9.47 Å². The Balaban J connectivity index is 1.76. The van der Waals surface area contributed by atoms with Gasteiger partial charge in [0.1, 0.15) is 11.6 Å². The number of amides is 2. The number of hydrogen-bond donors (Lipinski definition) is 2. The number of hydrogen-bond acceptors (Lipinski definition) is 4. The van der Waals surface area contributed by atoms with E-state index in [2.05, 4.69) is 22.8 Å². The molecule has 1 aliphatic rings. The fraction of sp³-hybridized carbons (Fsp3) is 0.556. The van der Waals surface area contributed by atoms with Gasteiger partial charge in [0.2, 0.25) is 5.91 Å². The molecule has 6 heteroatoms. The Morgan fingerprint density at radius 3 is 2.62 bits per heavy atom. The third-order valence-corrected chi connectivity index (χ3v) is 3.67. The molecular formula is C18H26N2O4. The maximum atomic E-state index is 12.1. The van der Waals surface area contributed by atoms with Gasteiger partial charge in [-0.25, -0.2) is 4.79 Å². The van der Waals surface area contributed by atoms with Gasteiger partial charge in [-0.05, 0) is 38.8 Å². The quantitative estimate of drug-likeness (QED) is 0.885. The lowest BCUT2D eigenvalue weighted by Crippen LogP contribution is -2.48. The van der Waals surface area contributed by atoms with Gasteiger partial charge in [0.15, 0.2) is 0 Å². The smallest absolute Gasteiger partial charge is 0.408 e. The average Bonchev–Trinajstić information content (AvgIpc) is 2.50. The minimum Gasteiger partial charge on any atom is -0.444 e. The molecule has 0 fully saturated rings. The number of nitrogens with one attached hydrogen (secondary N) is 2. The van der Waals surface area contributed by atoms with Crippen LogP contribution in [0.15, 0.2) is 24.3 Å². The zero-order valence-electron chi connectivity index (χ0n) is 14.7. The van der Waals surface area contributed by atoms with Crippen molar-refractivity contribution < 1.29 is 19.1 Å². The van der Waals surface area contributed by atoms with Crippen molar-refractivity contribution >= 4 is 12.0 Å². The Labute approximate surface area is 142 Å². The maximum absolute atomic E-state index is 12.1. The van der Waals surface area contributed by atoms with Crippen LogP contribution in [0, 0.1) is 0 Å². The van der Waals surface area contributed by atoms with Crippen molar-refractivity contribution in [2.75, 3.05) is 6.54 Å². The van der Waals surface area contributed by atoms with Crippen molar-refractivity contribution in [2.45, 2.75) is 58.5 Å². The molecule has 2 N–H and O–H groups in total. The Hall–Kier alpha value is -2.08. The van der Waals surface area contributed by atoms with Crippen molar-refractivity contribution in [1.29, 1.82) is 0 Å². The normalized spacial score (nSPS) is 18.2. The molecule has 1 aliphatic heterocycles. The predicted molar refractivity (Wildman–Crippen MR) is 90.6 cm³/mol. The molecule has 1 heterocycles. The number of fused-ring (bicyclic) bond motifs is 1. The third-order valence-electron chi connectivity index (χ3n) is 3.67. The highest BCUT2D eigenvalue weighted by atomic mass is 16.6. The van der Waals surface area contributed by atoms with Crippen LogP contribution >= 0.6 is 0 Å². The Morgan fingerprint density at radius 1 is 1.29 bits per heavy atom. The number of carbonyl (C=O) groups excluding carboxylic acids is 2. The molecular weight excluding hydrogens is 308 g/mol. The van der Waals surface area contributed by atoms with Crippen LogP contribution in [0.2, 0.25) is 0 Å². The molecule has 0 aromatic heterocycles. The number of benzene rings is 1. The van der Waals surface area contributed by atoms with E-state index in [1.54, 1.807) is 27.7 Å². The van der Waals surface area contributed by atoms with E-state index in [0.29, 0.717) is 13.2 Å². The first-order chi connectivity index (χ1) is 11.2. The topological polar surface area (TPSA) is 76.7 Å². The van der Waals surface area contributed by atoms with Crippen LogP contribution in [0.25, 0.3) is 0 Å². The summed E-state index contributed by atoms with van der Waals surface area (Å²) in [5, 5.41) is 5.34. The number of alkyl carbamates (subject to hydrolysis) is 1. The summed E-state index contributed by atoms with van der Waals surface area (Å²) in [5.74, 6) is -0.261. The molecule has 2 unspecified atom stereocenters. The van der Waals surface area contributed by atoms with E-state index in [9.17, 15) is 9.59 Å². The molecule has 6 nitrogen and oxygen atoms in total. The zero-order chi connectivity index (χ0) is 17.7. The van der Waals surface area contributed by atoms with Crippen molar-refractivity contribution in [3.63, 3.8) is 0 Å². The number of carbonyl (C=O) groups is 2. The van der Waals surface area contributed by atoms with Gasteiger partial charge in [-0.15, -0.1) is 0 Å². The van der Waals surface area contributed by atoms with Gasteiger partial charge in [-0.1, -0.05) is 24.3 Å². The summed E-state index contributed by atoms with van der Waals surface area (Å²) in [6.45, 7) is 7.91. The minimum atomic E-state index is -0.671. The first kappa shape index (κ1) is 18.3. The van der Waals surface area contributed by atoms with Gasteiger partial charge in [0.25, 0.3) is 0 Å². The summed E-state index contributed by atoms with van der Waals surface area (Å²) < 4.78 is 10.9. The molecule has 0 bridgehead atoms. The van der Waals surface area contributed by atoms with Crippen LogP contribution in [0.1, 0.15) is 38.8 Å². The van der Waals surface area contributed by atoms with E-state index >= 15 is 0 Å². The van der Waals surface area contributed by atoms with Gasteiger partial charge in [0.05, 0.1) is 12.7 Å². The first-order valence-corrected chi connectivity index (χ1v) is 8.20. The van der Waals surface area contributed by atoms with E-state index in [0.717, 1.165) is 6.42 Å². The molecule has 1 aromatic rings. The lowest BCUT2D eigenvalue weighted by atomic mass is 9.99. The van der Waals surface area contributed by atoms with Crippen molar-refractivity contribution in [1.82, 2.24) is 10.6 Å². The van der Waals surface area contributed by atoms with Gasteiger partial charge in [-0.3, -0.25) is 4.79 Å². The van der Waals surface area contributed by atoms with Crippen molar-refractivity contribution in [3.05, 3.63) is 35.4 Å². The molecule has 0 spiro atoms. The summed E-state index contributed by atoms with van der Waals surface area (Å²) in [4.78, 5) is 23.8. The highest BCUT2D eigenvalue weighted by molar-refractivity contribution is 5.85. The monoisotopic (exact) mass is 334 g/mol. The molecule has 0 saturated carbocycles.